The van der Waals surface area contributed by atoms with Crippen molar-refractivity contribution in [1.29, 1.82) is 0 Å². The van der Waals surface area contributed by atoms with Crippen LogP contribution in [-0.4, -0.2) is 61.1 Å². The van der Waals surface area contributed by atoms with E-state index in [9.17, 15) is 4.79 Å². The molecular weight excluding hydrogens is 240 g/mol. The Hall–Kier alpha value is -0.610. The molecular formula is C15H27N2O2. The Labute approximate surface area is 117 Å². The summed E-state index contributed by atoms with van der Waals surface area (Å²) < 4.78 is 5.42. The highest BCUT2D eigenvalue weighted by molar-refractivity contribution is 5.84. The second-order valence-electron chi connectivity index (χ2n) is 5.64. The third kappa shape index (κ3) is 3.93. The van der Waals surface area contributed by atoms with E-state index in [1.54, 1.807) is 6.42 Å². The third-order valence-corrected chi connectivity index (χ3v) is 4.48. The second kappa shape index (κ2) is 7.25. The van der Waals surface area contributed by atoms with Crippen molar-refractivity contribution in [3.8, 4) is 0 Å². The smallest absolute Gasteiger partial charge is 0.226 e. The predicted octanol–water partition coefficient (Wildman–Crippen LogP) is 1.70. The molecule has 2 aliphatic rings. The first-order chi connectivity index (χ1) is 9.24. The molecule has 2 aliphatic heterocycles. The summed E-state index contributed by atoms with van der Waals surface area (Å²) >= 11 is 0. The first-order valence-corrected chi connectivity index (χ1v) is 7.63. The Morgan fingerprint density at radius 1 is 1.16 bits per heavy atom. The van der Waals surface area contributed by atoms with Crippen LogP contribution in [0.3, 0.4) is 0 Å². The number of ether oxygens (including phenoxy) is 1. The van der Waals surface area contributed by atoms with E-state index in [4.69, 9.17) is 4.74 Å². The molecule has 2 heterocycles. The van der Waals surface area contributed by atoms with E-state index >= 15 is 0 Å². The van der Waals surface area contributed by atoms with Gasteiger partial charge in [0.15, 0.2) is 0 Å². The molecule has 4 nitrogen and oxygen atoms in total. The fraction of sp³-hybridized carbons (Fsp3) is 0.867. The van der Waals surface area contributed by atoms with Gasteiger partial charge >= 0.3 is 0 Å². The molecule has 0 saturated carbocycles. The van der Waals surface area contributed by atoms with E-state index in [0.717, 1.165) is 58.3 Å². The van der Waals surface area contributed by atoms with Crippen LogP contribution < -0.4 is 0 Å². The first kappa shape index (κ1) is 14.8. The zero-order chi connectivity index (χ0) is 13.7. The number of piperidine rings is 2. The summed E-state index contributed by atoms with van der Waals surface area (Å²) in [5.74, 6) is 0.221. The third-order valence-electron chi connectivity index (χ3n) is 4.48. The Morgan fingerprint density at radius 3 is 2.32 bits per heavy atom. The number of amides is 1. The van der Waals surface area contributed by atoms with Gasteiger partial charge in [-0.25, -0.2) is 0 Å². The van der Waals surface area contributed by atoms with Gasteiger partial charge in [0.25, 0.3) is 0 Å². The molecule has 0 N–H and O–H groups in total. The van der Waals surface area contributed by atoms with Gasteiger partial charge in [0.1, 0.15) is 0 Å². The summed E-state index contributed by atoms with van der Waals surface area (Å²) in [4.78, 5) is 16.4. The van der Waals surface area contributed by atoms with Crippen LogP contribution in [0.15, 0.2) is 0 Å². The Bertz CT molecular complexity index is 280. The topological polar surface area (TPSA) is 32.8 Å². The molecule has 0 atom stereocenters. The van der Waals surface area contributed by atoms with Crippen molar-refractivity contribution in [2.45, 2.75) is 51.2 Å². The summed E-state index contributed by atoms with van der Waals surface area (Å²) in [5, 5.41) is 0. The van der Waals surface area contributed by atoms with Gasteiger partial charge in [-0.3, -0.25) is 4.79 Å². The van der Waals surface area contributed by atoms with E-state index in [-0.39, 0.29) is 5.91 Å². The number of carbonyl (C=O) groups is 1. The molecule has 1 radical (unpaired) electrons. The van der Waals surface area contributed by atoms with Gasteiger partial charge in [0, 0.05) is 45.8 Å². The minimum absolute atomic E-state index is 0.221. The van der Waals surface area contributed by atoms with Crippen LogP contribution in [0.4, 0.5) is 0 Å². The molecule has 0 spiro atoms. The number of rotatable bonds is 4. The fourth-order valence-corrected chi connectivity index (χ4v) is 3.23. The van der Waals surface area contributed by atoms with Crippen molar-refractivity contribution in [2.24, 2.45) is 0 Å². The minimum Gasteiger partial charge on any atom is -0.381 e. The van der Waals surface area contributed by atoms with Gasteiger partial charge in [0.05, 0.1) is 6.10 Å². The lowest BCUT2D eigenvalue weighted by atomic mass is 9.98. The summed E-state index contributed by atoms with van der Waals surface area (Å²) in [6, 6.07) is 0.670. The van der Waals surface area contributed by atoms with Crippen molar-refractivity contribution in [1.82, 2.24) is 9.80 Å². The van der Waals surface area contributed by atoms with Crippen LogP contribution in [-0.2, 0) is 9.53 Å². The van der Waals surface area contributed by atoms with Gasteiger partial charge in [-0.1, -0.05) is 6.92 Å². The van der Waals surface area contributed by atoms with Crippen molar-refractivity contribution in [2.75, 3.05) is 33.3 Å². The first-order valence-electron chi connectivity index (χ1n) is 7.63. The zero-order valence-electron chi connectivity index (χ0n) is 12.3. The minimum atomic E-state index is 0.221. The molecule has 0 bridgehead atoms. The molecule has 0 aromatic carbocycles. The number of nitrogens with zero attached hydrogens (tertiary/aromatic N) is 2. The molecule has 1 amide bonds. The van der Waals surface area contributed by atoms with E-state index < -0.39 is 0 Å². The van der Waals surface area contributed by atoms with Crippen LogP contribution in [0.5, 0.6) is 0 Å². The second-order valence-corrected chi connectivity index (χ2v) is 5.64. The summed E-state index contributed by atoms with van der Waals surface area (Å²) in [7, 11) is 1.81. The lowest BCUT2D eigenvalue weighted by Gasteiger charge is -2.41. The highest BCUT2D eigenvalue weighted by Gasteiger charge is 2.29. The maximum absolute atomic E-state index is 11.8. The molecule has 0 unspecified atom stereocenters. The van der Waals surface area contributed by atoms with Crippen LogP contribution in [0.2, 0.25) is 0 Å². The molecule has 19 heavy (non-hydrogen) atoms. The standard InChI is InChI=1S/C15H27N2O2/c1-3-4-15(18)17-9-5-13(6-10-17)16-11-7-14(19-2)8-12-16/h4,13-14H,3,5-12H2,1-2H3. The van der Waals surface area contributed by atoms with Crippen LogP contribution >= 0.6 is 0 Å². The normalized spacial score (nSPS) is 23.8. The lowest BCUT2D eigenvalue weighted by molar-refractivity contribution is -0.129. The van der Waals surface area contributed by atoms with E-state index in [1.807, 2.05) is 18.9 Å². The largest absolute Gasteiger partial charge is 0.381 e. The maximum Gasteiger partial charge on any atom is 0.226 e. The molecule has 2 saturated heterocycles. The fourth-order valence-electron chi connectivity index (χ4n) is 3.23. The van der Waals surface area contributed by atoms with Crippen LogP contribution in [0, 0.1) is 6.42 Å². The molecule has 2 fully saturated rings. The monoisotopic (exact) mass is 267 g/mol. The maximum atomic E-state index is 11.8. The number of hydrogen-bond donors (Lipinski definition) is 0. The van der Waals surface area contributed by atoms with Crippen LogP contribution in [0.1, 0.15) is 39.0 Å². The highest BCUT2D eigenvalue weighted by Crippen LogP contribution is 2.22. The quantitative estimate of drug-likeness (QED) is 0.777. The molecule has 0 aromatic rings. The number of carbonyl (C=O) groups excluding carboxylic acids is 1. The molecule has 0 aliphatic carbocycles. The van der Waals surface area contributed by atoms with Gasteiger partial charge in [-0.15, -0.1) is 0 Å². The van der Waals surface area contributed by atoms with Gasteiger partial charge in [0.2, 0.25) is 5.91 Å². The average molecular weight is 267 g/mol. The number of methoxy groups -OCH3 is 1. The summed E-state index contributed by atoms with van der Waals surface area (Å²) in [5.41, 5.74) is 0. The number of hydrogen-bond acceptors (Lipinski definition) is 3. The van der Waals surface area contributed by atoms with Gasteiger partial charge in [-0.2, -0.15) is 0 Å². The average Bonchev–Trinajstić information content (AvgIpc) is 2.48. The molecule has 2 rings (SSSR count). The number of likely N-dealkylation sites (tertiary alicyclic amines) is 2. The van der Waals surface area contributed by atoms with Gasteiger partial charge < -0.3 is 14.5 Å². The molecule has 4 heteroatoms. The Kier molecular flexibility index (Phi) is 5.64. The van der Waals surface area contributed by atoms with E-state index in [0.29, 0.717) is 12.1 Å². The van der Waals surface area contributed by atoms with Crippen molar-refractivity contribution in [3.63, 3.8) is 0 Å². The summed E-state index contributed by atoms with van der Waals surface area (Å²) in [6.45, 7) is 6.16. The van der Waals surface area contributed by atoms with Crippen molar-refractivity contribution >= 4 is 5.91 Å². The Morgan fingerprint density at radius 2 is 1.79 bits per heavy atom. The van der Waals surface area contributed by atoms with E-state index in [2.05, 4.69) is 4.90 Å². The summed E-state index contributed by atoms with van der Waals surface area (Å²) in [6.07, 6.45) is 7.64. The van der Waals surface area contributed by atoms with E-state index in [1.165, 1.54) is 0 Å². The lowest BCUT2D eigenvalue weighted by Crippen LogP contribution is -2.49. The SMILES string of the molecule is CC[CH]C(=O)N1CCC(N2CCC(OC)CC2)CC1. The van der Waals surface area contributed by atoms with Crippen molar-refractivity contribution in [3.05, 3.63) is 6.42 Å². The van der Waals surface area contributed by atoms with Crippen molar-refractivity contribution < 1.29 is 9.53 Å². The Balaban J connectivity index is 1.73. The van der Waals surface area contributed by atoms with Gasteiger partial charge in [-0.05, 0) is 32.1 Å². The molecule has 109 valence electrons. The highest BCUT2D eigenvalue weighted by atomic mass is 16.5. The van der Waals surface area contributed by atoms with Crippen LogP contribution in [0.25, 0.3) is 0 Å². The zero-order valence-corrected chi connectivity index (χ0v) is 12.3. The predicted molar refractivity (Wildman–Crippen MR) is 75.8 cm³/mol. The molecule has 0 aromatic heterocycles.